The lowest BCUT2D eigenvalue weighted by Gasteiger charge is -2.19. The number of hydrogen-bond donors (Lipinski definition) is 0. The molecule has 1 nitrogen and oxygen atoms in total. The first-order valence-corrected chi connectivity index (χ1v) is 4.17. The monoisotopic (exact) mass is 143 g/mol. The van der Waals surface area contributed by atoms with Gasteiger partial charge in [-0.1, -0.05) is 13.8 Å². The maximum Gasteiger partial charge on any atom is 0.0693 e. The van der Waals surface area contributed by atoms with Crippen molar-refractivity contribution in [2.45, 2.75) is 26.7 Å². The van der Waals surface area contributed by atoms with E-state index in [4.69, 9.17) is 5.26 Å². The van der Waals surface area contributed by atoms with Crippen LogP contribution in [-0.4, -0.2) is 6.16 Å². The zero-order valence-corrected chi connectivity index (χ0v) is 7.30. The van der Waals surface area contributed by atoms with Crippen LogP contribution in [0.5, 0.6) is 0 Å². The van der Waals surface area contributed by atoms with E-state index in [1.807, 2.05) is 0 Å². The van der Waals surface area contributed by atoms with Gasteiger partial charge in [0.2, 0.25) is 0 Å². The lowest BCUT2D eigenvalue weighted by atomic mass is 9.86. The molecule has 1 unspecified atom stereocenters. The SMILES string of the molecule is CCC(C#N)(CC)CP. The molecule has 0 saturated heterocycles. The maximum absolute atomic E-state index is 8.71. The smallest absolute Gasteiger partial charge is 0.0693 e. The number of hydrogen-bond acceptors (Lipinski definition) is 1. The summed E-state index contributed by atoms with van der Waals surface area (Å²) in [7, 11) is 2.64. The van der Waals surface area contributed by atoms with E-state index in [2.05, 4.69) is 29.2 Å². The van der Waals surface area contributed by atoms with Crippen molar-refractivity contribution in [3.05, 3.63) is 0 Å². The molecular weight excluding hydrogens is 129 g/mol. The minimum absolute atomic E-state index is 0.0648. The highest BCUT2D eigenvalue weighted by Crippen LogP contribution is 2.27. The van der Waals surface area contributed by atoms with Crippen LogP contribution < -0.4 is 0 Å². The van der Waals surface area contributed by atoms with Gasteiger partial charge in [-0.25, -0.2) is 0 Å². The van der Waals surface area contributed by atoms with Gasteiger partial charge in [0, 0.05) is 0 Å². The van der Waals surface area contributed by atoms with E-state index in [0.29, 0.717) is 0 Å². The van der Waals surface area contributed by atoms with Gasteiger partial charge in [0.25, 0.3) is 0 Å². The van der Waals surface area contributed by atoms with Crippen molar-refractivity contribution in [2.24, 2.45) is 5.41 Å². The van der Waals surface area contributed by atoms with Crippen LogP contribution in [0, 0.1) is 16.7 Å². The Bertz CT molecular complexity index is 102. The van der Waals surface area contributed by atoms with Crippen molar-refractivity contribution in [2.75, 3.05) is 6.16 Å². The molecule has 0 rings (SSSR count). The van der Waals surface area contributed by atoms with E-state index >= 15 is 0 Å². The first-order chi connectivity index (χ1) is 4.24. The molecule has 0 heterocycles. The zero-order chi connectivity index (χ0) is 7.33. The van der Waals surface area contributed by atoms with Crippen LogP contribution in [0.25, 0.3) is 0 Å². The third-order valence-electron chi connectivity index (χ3n) is 1.98. The number of rotatable bonds is 3. The number of nitrogens with zero attached hydrogens (tertiary/aromatic N) is 1. The van der Waals surface area contributed by atoms with Crippen molar-refractivity contribution >= 4 is 9.24 Å². The predicted octanol–water partition coefficient (Wildman–Crippen LogP) is 2.19. The van der Waals surface area contributed by atoms with Crippen molar-refractivity contribution < 1.29 is 0 Å². The van der Waals surface area contributed by atoms with Crippen LogP contribution in [0.4, 0.5) is 0 Å². The Hall–Kier alpha value is -0.0800. The lowest BCUT2D eigenvalue weighted by molar-refractivity contribution is 0.419. The molecule has 0 aliphatic rings. The molecule has 0 aromatic rings. The fraction of sp³-hybridized carbons (Fsp3) is 0.857. The molecule has 0 bridgehead atoms. The highest BCUT2D eigenvalue weighted by Gasteiger charge is 2.22. The summed E-state index contributed by atoms with van der Waals surface area (Å²) in [5.74, 6) is 0. The third-order valence-corrected chi connectivity index (χ3v) is 2.76. The molecule has 0 aromatic heterocycles. The molecule has 0 fully saturated rings. The predicted molar refractivity (Wildman–Crippen MR) is 43.2 cm³/mol. The van der Waals surface area contributed by atoms with Crippen LogP contribution in [0.2, 0.25) is 0 Å². The summed E-state index contributed by atoms with van der Waals surface area (Å²) in [6.45, 7) is 4.13. The standard InChI is InChI=1S/C7H14NP/c1-3-7(4-2,5-8)6-9/h3-4,6,9H2,1-2H3. The van der Waals surface area contributed by atoms with Crippen LogP contribution in [0.15, 0.2) is 0 Å². The molecule has 0 aliphatic carbocycles. The molecular formula is C7H14NP. The van der Waals surface area contributed by atoms with Gasteiger partial charge in [0.15, 0.2) is 0 Å². The van der Waals surface area contributed by atoms with Crippen molar-refractivity contribution in [1.82, 2.24) is 0 Å². The van der Waals surface area contributed by atoms with Gasteiger partial charge in [-0.05, 0) is 19.0 Å². The molecule has 0 N–H and O–H groups in total. The Morgan fingerprint density at radius 2 is 1.89 bits per heavy atom. The Balaban J connectivity index is 4.04. The van der Waals surface area contributed by atoms with E-state index in [1.54, 1.807) is 0 Å². The number of nitriles is 1. The average Bonchev–Trinajstić information content (AvgIpc) is 1.95. The summed E-state index contributed by atoms with van der Waals surface area (Å²) < 4.78 is 0. The van der Waals surface area contributed by atoms with Crippen molar-refractivity contribution in [1.29, 1.82) is 5.26 Å². The van der Waals surface area contributed by atoms with Gasteiger partial charge >= 0.3 is 0 Å². The van der Waals surface area contributed by atoms with Gasteiger partial charge < -0.3 is 0 Å². The van der Waals surface area contributed by atoms with Crippen molar-refractivity contribution in [3.63, 3.8) is 0 Å². The van der Waals surface area contributed by atoms with E-state index in [-0.39, 0.29) is 5.41 Å². The van der Waals surface area contributed by atoms with Crippen LogP contribution >= 0.6 is 9.24 Å². The van der Waals surface area contributed by atoms with E-state index in [1.165, 1.54) is 0 Å². The van der Waals surface area contributed by atoms with Gasteiger partial charge in [-0.15, -0.1) is 9.24 Å². The molecule has 52 valence electrons. The largest absolute Gasteiger partial charge is 0.198 e. The van der Waals surface area contributed by atoms with Crippen LogP contribution in [0.1, 0.15) is 26.7 Å². The molecule has 1 atom stereocenters. The summed E-state index contributed by atoms with van der Waals surface area (Å²) >= 11 is 0. The maximum atomic E-state index is 8.71. The zero-order valence-electron chi connectivity index (χ0n) is 6.15. The minimum Gasteiger partial charge on any atom is -0.198 e. The topological polar surface area (TPSA) is 23.8 Å². The molecule has 2 heteroatoms. The van der Waals surface area contributed by atoms with Gasteiger partial charge in [0.1, 0.15) is 0 Å². The fourth-order valence-electron chi connectivity index (χ4n) is 0.742. The normalized spacial score (nSPS) is 10.9. The van der Waals surface area contributed by atoms with E-state index in [0.717, 1.165) is 19.0 Å². The molecule has 0 saturated carbocycles. The molecule has 0 amide bonds. The Kier molecular flexibility index (Phi) is 3.82. The lowest BCUT2D eigenvalue weighted by Crippen LogP contribution is -2.17. The second kappa shape index (κ2) is 3.85. The van der Waals surface area contributed by atoms with Gasteiger partial charge in [-0.3, -0.25) is 0 Å². The first kappa shape index (κ1) is 8.92. The molecule has 0 spiro atoms. The van der Waals surface area contributed by atoms with Crippen LogP contribution in [0.3, 0.4) is 0 Å². The second-order valence-electron chi connectivity index (χ2n) is 2.30. The Morgan fingerprint density at radius 1 is 1.44 bits per heavy atom. The van der Waals surface area contributed by atoms with E-state index in [9.17, 15) is 0 Å². The summed E-state index contributed by atoms with van der Waals surface area (Å²) in [6.07, 6.45) is 2.82. The average molecular weight is 143 g/mol. The quantitative estimate of drug-likeness (QED) is 0.555. The summed E-state index contributed by atoms with van der Waals surface area (Å²) in [4.78, 5) is 0. The fourth-order valence-corrected chi connectivity index (χ4v) is 1.41. The summed E-state index contributed by atoms with van der Waals surface area (Å²) in [5.41, 5.74) is -0.0648. The third kappa shape index (κ3) is 1.95. The minimum atomic E-state index is -0.0648. The van der Waals surface area contributed by atoms with Gasteiger partial charge in [-0.2, -0.15) is 5.26 Å². The highest BCUT2D eigenvalue weighted by molar-refractivity contribution is 7.16. The summed E-state index contributed by atoms with van der Waals surface area (Å²) in [5, 5.41) is 8.71. The highest BCUT2D eigenvalue weighted by atomic mass is 31.0. The Morgan fingerprint density at radius 3 is 1.89 bits per heavy atom. The van der Waals surface area contributed by atoms with Crippen LogP contribution in [-0.2, 0) is 0 Å². The van der Waals surface area contributed by atoms with Gasteiger partial charge in [0.05, 0.1) is 11.5 Å². The first-order valence-electron chi connectivity index (χ1n) is 3.36. The Labute approximate surface area is 59.7 Å². The molecule has 9 heavy (non-hydrogen) atoms. The molecule has 0 aromatic carbocycles. The second-order valence-corrected chi connectivity index (χ2v) is 2.71. The summed E-state index contributed by atoms with van der Waals surface area (Å²) in [6, 6.07) is 2.34. The molecule has 0 radical (unpaired) electrons. The molecule has 0 aliphatic heterocycles. The van der Waals surface area contributed by atoms with E-state index < -0.39 is 0 Å². The van der Waals surface area contributed by atoms with Crippen molar-refractivity contribution in [3.8, 4) is 6.07 Å².